The Kier molecular flexibility index (Phi) is 11.5. The molecule has 0 fully saturated rings. The van der Waals surface area contributed by atoms with E-state index in [9.17, 15) is 9.59 Å². The Hall–Kier alpha value is -1.52. The third-order valence-corrected chi connectivity index (χ3v) is 1.83. The molecule has 0 aromatic carbocycles. The average molecular weight is 243 g/mol. The van der Waals surface area contributed by atoms with Crippen LogP contribution in [0.15, 0.2) is 0 Å². The fraction of sp³-hybridized carbons (Fsp3) is 0.667. The summed E-state index contributed by atoms with van der Waals surface area (Å²) in [6.45, 7) is 7.51. The highest BCUT2D eigenvalue weighted by molar-refractivity contribution is 5.97. The van der Waals surface area contributed by atoms with E-state index in [0.717, 1.165) is 0 Å². The lowest BCUT2D eigenvalue weighted by Crippen LogP contribution is -2.76. The van der Waals surface area contributed by atoms with Crippen LogP contribution in [-0.4, -0.2) is 29.7 Å². The Morgan fingerprint density at radius 2 is 1.59 bits per heavy atom. The minimum absolute atomic E-state index is 0.180. The zero-order chi connectivity index (χ0) is 13.8. The lowest BCUT2D eigenvalue weighted by molar-refractivity contribution is -0.445. The van der Waals surface area contributed by atoms with Crippen LogP contribution < -0.4 is 16.1 Å². The summed E-state index contributed by atoms with van der Waals surface area (Å²) in [5.41, 5.74) is 5.95. The first-order valence-electron chi connectivity index (χ1n) is 5.77. The molecule has 0 aromatic heterocycles. The van der Waals surface area contributed by atoms with Crippen molar-refractivity contribution in [2.75, 3.05) is 6.54 Å². The second kappa shape index (κ2) is 11.0. The highest BCUT2D eigenvalue weighted by atomic mass is 16.1. The number of carbonyl (C=O) groups excluding carboxylic acids is 2. The van der Waals surface area contributed by atoms with Crippen LogP contribution in [0, 0.1) is 0 Å². The highest BCUT2D eigenvalue weighted by Gasteiger charge is 2.00. The van der Waals surface area contributed by atoms with Crippen LogP contribution in [-0.2, 0) is 9.59 Å². The standard InChI is InChI=1S/C6H12N2O.C6H11NO/c1-3-6(9)4-8-5(2)7;1-3-6(8)4-5(2)7/h3-4H2,1-2H3,(H2,7,8);7H,3-4H2,1-2H3/p+2. The summed E-state index contributed by atoms with van der Waals surface area (Å²) in [6.07, 6.45) is 1.60. The summed E-state index contributed by atoms with van der Waals surface area (Å²) >= 11 is 0. The van der Waals surface area contributed by atoms with Gasteiger partial charge >= 0.3 is 0 Å². The minimum Gasteiger partial charge on any atom is -0.299 e. The Bertz CT molecular complexity index is 292. The summed E-state index contributed by atoms with van der Waals surface area (Å²) in [5, 5.41) is 5.26. The fourth-order valence-corrected chi connectivity index (χ4v) is 0.799. The average Bonchev–Trinajstić information content (AvgIpc) is 2.25. The molecule has 0 aliphatic heterocycles. The van der Waals surface area contributed by atoms with Crippen molar-refractivity contribution in [2.24, 2.45) is 5.73 Å². The Balaban J connectivity index is 0. The van der Waals surface area contributed by atoms with E-state index in [2.05, 4.69) is 4.99 Å². The molecule has 0 bridgehead atoms. The normalized spacial score (nSPS) is 10.2. The molecular weight excluding hydrogens is 218 g/mol. The molecule has 0 aliphatic carbocycles. The molecule has 0 radical (unpaired) electrons. The summed E-state index contributed by atoms with van der Waals surface area (Å²) in [4.78, 5) is 23.8. The van der Waals surface area contributed by atoms with E-state index >= 15 is 0 Å². The zero-order valence-corrected chi connectivity index (χ0v) is 11.3. The van der Waals surface area contributed by atoms with Crippen molar-refractivity contribution in [1.29, 1.82) is 0 Å². The van der Waals surface area contributed by atoms with E-state index in [4.69, 9.17) is 11.1 Å². The smallest absolute Gasteiger partial charge is 0.237 e. The van der Waals surface area contributed by atoms with Crippen molar-refractivity contribution in [3.05, 3.63) is 0 Å². The van der Waals surface area contributed by atoms with Crippen LogP contribution in [0.5, 0.6) is 0 Å². The topological polar surface area (TPSA) is 99.7 Å². The van der Waals surface area contributed by atoms with Gasteiger partial charge in [0.1, 0.15) is 12.3 Å². The number of Topliss-reactive ketones (excluding diaryl/α,β-unsaturated/α-hetero) is 2. The molecular formula is C12H25N3O2+2. The number of hydrogen-bond donors (Lipinski definition) is 3. The molecule has 0 rings (SSSR count). The largest absolute Gasteiger partial charge is 0.299 e. The van der Waals surface area contributed by atoms with Gasteiger partial charge in [0.15, 0.2) is 11.5 Å². The summed E-state index contributed by atoms with van der Waals surface area (Å²) in [5.74, 6) is 0.988. The second-order valence-corrected chi connectivity index (χ2v) is 3.84. The van der Waals surface area contributed by atoms with Gasteiger partial charge in [0.05, 0.1) is 6.42 Å². The molecule has 0 saturated heterocycles. The van der Waals surface area contributed by atoms with Crippen molar-refractivity contribution in [2.45, 2.75) is 47.0 Å². The van der Waals surface area contributed by atoms with Crippen LogP contribution in [0.3, 0.4) is 0 Å². The third-order valence-electron chi connectivity index (χ3n) is 1.83. The lowest BCUT2D eigenvalue weighted by Gasteiger charge is -1.86. The number of nitrogens with two attached hydrogens (primary N) is 2. The Morgan fingerprint density at radius 3 is 1.82 bits per heavy atom. The molecule has 0 atom stereocenters. The zero-order valence-electron chi connectivity index (χ0n) is 11.3. The second-order valence-electron chi connectivity index (χ2n) is 3.84. The molecule has 98 valence electrons. The molecule has 0 heterocycles. The highest BCUT2D eigenvalue weighted by Crippen LogP contribution is 1.86. The van der Waals surface area contributed by atoms with E-state index in [1.165, 1.54) is 0 Å². The van der Waals surface area contributed by atoms with Crippen LogP contribution in [0.2, 0.25) is 0 Å². The number of amidine groups is 1. The predicted molar refractivity (Wildman–Crippen MR) is 68.5 cm³/mol. The van der Waals surface area contributed by atoms with Gasteiger partial charge in [-0.25, -0.2) is 0 Å². The van der Waals surface area contributed by atoms with Gasteiger partial charge in [0.25, 0.3) is 0 Å². The molecule has 0 aromatic rings. The minimum atomic E-state index is 0.180. The number of hydrogen-bond acceptors (Lipinski definition) is 2. The quantitative estimate of drug-likeness (QED) is 0.371. The van der Waals surface area contributed by atoms with Gasteiger partial charge in [-0.05, 0) is 0 Å². The van der Waals surface area contributed by atoms with Gasteiger partial charge in [-0.3, -0.25) is 25.7 Å². The summed E-state index contributed by atoms with van der Waals surface area (Å²) < 4.78 is 0. The fourth-order valence-electron chi connectivity index (χ4n) is 0.799. The van der Waals surface area contributed by atoms with E-state index in [-0.39, 0.29) is 11.6 Å². The molecule has 0 amide bonds. The van der Waals surface area contributed by atoms with Gasteiger partial charge in [0.2, 0.25) is 5.84 Å². The summed E-state index contributed by atoms with van der Waals surface area (Å²) in [7, 11) is 0. The molecule has 5 N–H and O–H groups in total. The van der Waals surface area contributed by atoms with Crippen molar-refractivity contribution >= 4 is 23.1 Å². The van der Waals surface area contributed by atoms with E-state index in [0.29, 0.717) is 37.4 Å². The molecule has 0 unspecified atom stereocenters. The number of nitrogens with one attached hydrogen (secondary N) is 1. The van der Waals surface area contributed by atoms with Gasteiger partial charge in [-0.1, -0.05) is 13.8 Å². The first-order valence-corrected chi connectivity index (χ1v) is 5.77. The SMILES string of the molecule is CCC(=O)CC(C)=[NH2+].CCC(=O)C[NH+]=C(C)N. The van der Waals surface area contributed by atoms with Crippen LogP contribution in [0.4, 0.5) is 0 Å². The van der Waals surface area contributed by atoms with Crippen LogP contribution in [0.1, 0.15) is 47.0 Å². The first kappa shape index (κ1) is 17.9. The Morgan fingerprint density at radius 1 is 1.12 bits per heavy atom. The van der Waals surface area contributed by atoms with E-state index in [1.54, 1.807) is 13.8 Å². The van der Waals surface area contributed by atoms with Crippen LogP contribution >= 0.6 is 0 Å². The monoisotopic (exact) mass is 243 g/mol. The number of rotatable bonds is 6. The maximum absolute atomic E-state index is 10.6. The molecule has 17 heavy (non-hydrogen) atoms. The lowest BCUT2D eigenvalue weighted by atomic mass is 10.2. The molecule has 5 heteroatoms. The molecule has 0 saturated carbocycles. The van der Waals surface area contributed by atoms with Gasteiger partial charge in [-0.15, -0.1) is 0 Å². The van der Waals surface area contributed by atoms with Gasteiger partial charge in [-0.2, -0.15) is 0 Å². The maximum Gasteiger partial charge on any atom is 0.237 e. The number of carbonyl (C=O) groups is 2. The van der Waals surface area contributed by atoms with Gasteiger partial charge in [0, 0.05) is 26.7 Å². The maximum atomic E-state index is 10.6. The molecule has 5 nitrogen and oxygen atoms in total. The first-order chi connectivity index (χ1) is 7.83. The van der Waals surface area contributed by atoms with Crippen molar-refractivity contribution in [3.63, 3.8) is 0 Å². The van der Waals surface area contributed by atoms with Gasteiger partial charge < -0.3 is 0 Å². The molecule has 0 aliphatic rings. The van der Waals surface area contributed by atoms with Crippen molar-refractivity contribution in [1.82, 2.24) is 0 Å². The van der Waals surface area contributed by atoms with Crippen molar-refractivity contribution in [3.8, 4) is 0 Å². The Labute approximate surface area is 103 Å². The van der Waals surface area contributed by atoms with Crippen molar-refractivity contribution < 1.29 is 20.0 Å². The van der Waals surface area contributed by atoms with Crippen LogP contribution in [0.25, 0.3) is 0 Å². The predicted octanol–water partition coefficient (Wildman–Crippen LogP) is -2.00. The molecule has 0 spiro atoms. The third kappa shape index (κ3) is 17.1. The van der Waals surface area contributed by atoms with E-state index < -0.39 is 0 Å². The number of ketones is 2. The van der Waals surface area contributed by atoms with E-state index in [1.807, 2.05) is 13.8 Å². The summed E-state index contributed by atoms with van der Waals surface area (Å²) in [6, 6.07) is 0.